The van der Waals surface area contributed by atoms with Crippen molar-refractivity contribution in [2.24, 2.45) is 0 Å². The number of para-hydroxylation sites is 3. The number of nitrogens with zero attached hydrogens (tertiary/aromatic N) is 7. The van der Waals surface area contributed by atoms with Gasteiger partial charge in [-0.25, -0.2) is 19.9 Å². The van der Waals surface area contributed by atoms with Gasteiger partial charge in [-0.3, -0.25) is 9.80 Å². The number of H-pyrrole nitrogens is 1. The molecule has 0 spiro atoms. The molecule has 7 aromatic rings. The van der Waals surface area contributed by atoms with E-state index in [9.17, 15) is 0 Å². The molecule has 4 atom stereocenters. The molecule has 2 aliphatic heterocycles. The Bertz CT molecular complexity index is 3050. The zero-order chi connectivity index (χ0) is 48.5. The Morgan fingerprint density at radius 3 is 1.66 bits per heavy atom. The van der Waals surface area contributed by atoms with Crippen LogP contribution in [-0.2, 0) is 11.6 Å². The van der Waals surface area contributed by atoms with Gasteiger partial charge in [0.1, 0.15) is 0 Å². The molecule has 4 saturated carbocycles. The van der Waals surface area contributed by atoms with Crippen molar-refractivity contribution in [3.8, 4) is 28.2 Å². The number of aromatic nitrogens is 6. The molecular formula is C54H62Cl2N12O2S. The number of hydrogen-bond donors (Lipinski definition) is 5. The van der Waals surface area contributed by atoms with E-state index >= 15 is 0 Å². The Morgan fingerprint density at radius 1 is 0.577 bits per heavy atom. The summed E-state index contributed by atoms with van der Waals surface area (Å²) in [6, 6.07) is 27.1. The molecule has 5 N–H and O–H groups in total. The van der Waals surface area contributed by atoms with E-state index in [0.29, 0.717) is 33.0 Å². The van der Waals surface area contributed by atoms with Crippen molar-refractivity contribution in [1.29, 1.82) is 0 Å². The summed E-state index contributed by atoms with van der Waals surface area (Å²) in [5.74, 6) is 1.39. The first-order valence-electron chi connectivity index (χ1n) is 25.4. The second kappa shape index (κ2) is 20.3. The number of fused-ring (bicyclic) bond motifs is 6. The summed E-state index contributed by atoms with van der Waals surface area (Å²) < 4.78 is 18.8. The number of anilines is 2. The first-order chi connectivity index (χ1) is 34.7. The maximum absolute atomic E-state index is 8.29. The van der Waals surface area contributed by atoms with Crippen molar-refractivity contribution in [1.82, 2.24) is 49.9 Å². The number of piperazine rings is 2. The Labute approximate surface area is 428 Å². The SMILES string of the molecule is Clc1cnc(NC23CCCC(N4CCNCC4)(CC2)C3)nc1-c1c[nH]c2ccccc12.Clc1cnc(NC23CCCC(N4CCNCC4)(CC2)C3)nc1-c1cn(-c2ccccc2)c2ccccc12.O=S=O. The first kappa shape index (κ1) is 48.0. The van der Waals surface area contributed by atoms with Gasteiger partial charge in [-0.1, -0.05) is 77.8 Å². The van der Waals surface area contributed by atoms with Crippen molar-refractivity contribution < 1.29 is 8.42 Å². The maximum atomic E-state index is 8.29. The van der Waals surface area contributed by atoms with Crippen molar-refractivity contribution in [2.45, 2.75) is 99.2 Å². The van der Waals surface area contributed by atoms with E-state index in [1.165, 1.54) is 77.0 Å². The van der Waals surface area contributed by atoms with E-state index in [2.05, 4.69) is 117 Å². The lowest BCUT2D eigenvalue weighted by molar-refractivity contribution is 0.0502. The molecule has 2 saturated heterocycles. The minimum absolute atomic E-state index is 0.0618. The molecular weight excluding hydrogens is 952 g/mol. The van der Waals surface area contributed by atoms with Gasteiger partial charge in [0.25, 0.3) is 0 Å². The van der Waals surface area contributed by atoms with Gasteiger partial charge in [-0.15, -0.1) is 0 Å². The Hall–Kier alpha value is -5.26. The summed E-state index contributed by atoms with van der Waals surface area (Å²) in [7, 11) is 0. The minimum atomic E-state index is -0.750. The highest BCUT2D eigenvalue weighted by atomic mass is 35.5. The maximum Gasteiger partial charge on any atom is 0.335 e. The van der Waals surface area contributed by atoms with Crippen molar-refractivity contribution in [3.63, 3.8) is 0 Å². The fourth-order valence-corrected chi connectivity index (χ4v) is 13.9. The van der Waals surface area contributed by atoms with Gasteiger partial charge in [-0.2, -0.15) is 8.42 Å². The van der Waals surface area contributed by atoms with Crippen LogP contribution in [0.25, 0.3) is 50.0 Å². The van der Waals surface area contributed by atoms with Crippen molar-refractivity contribution >= 4 is 68.5 Å². The van der Waals surface area contributed by atoms with Crippen molar-refractivity contribution in [2.75, 3.05) is 63.0 Å². The number of halogens is 2. The van der Waals surface area contributed by atoms with Gasteiger partial charge in [0.2, 0.25) is 11.9 Å². The smallest absolute Gasteiger partial charge is 0.335 e. The van der Waals surface area contributed by atoms with E-state index < -0.39 is 11.6 Å². The molecule has 17 heteroatoms. The van der Waals surface area contributed by atoms with Gasteiger partial charge < -0.3 is 30.8 Å². The molecule has 3 aromatic carbocycles. The molecule has 6 aliphatic rings. The quantitative estimate of drug-likeness (QED) is 0.0933. The van der Waals surface area contributed by atoms with Crippen LogP contribution >= 0.6 is 23.2 Å². The van der Waals surface area contributed by atoms with E-state index in [-0.39, 0.29) is 11.1 Å². The van der Waals surface area contributed by atoms with Crippen LogP contribution in [-0.4, -0.2) is 122 Å². The summed E-state index contributed by atoms with van der Waals surface area (Å²) in [5.41, 5.74) is 7.78. The third-order valence-electron chi connectivity index (χ3n) is 16.7. The first-order valence-corrected chi connectivity index (χ1v) is 26.8. The van der Waals surface area contributed by atoms with Gasteiger partial charge in [-0.05, 0) is 101 Å². The number of aromatic amines is 1. The molecule has 0 radical (unpaired) electrons. The second-order valence-corrected chi connectivity index (χ2v) is 21.6. The largest absolute Gasteiger partial charge is 0.360 e. The Morgan fingerprint density at radius 2 is 1.08 bits per heavy atom. The molecule has 4 aliphatic carbocycles. The third kappa shape index (κ3) is 9.51. The molecule has 6 fully saturated rings. The summed E-state index contributed by atoms with van der Waals surface area (Å²) in [4.78, 5) is 28.1. The molecule has 4 unspecified atom stereocenters. The molecule has 4 bridgehead atoms. The normalized spacial score (nSPS) is 26.3. The minimum Gasteiger partial charge on any atom is -0.360 e. The van der Waals surface area contributed by atoms with E-state index in [4.69, 9.17) is 41.6 Å². The highest BCUT2D eigenvalue weighted by Crippen LogP contribution is 2.54. The van der Waals surface area contributed by atoms with Gasteiger partial charge in [0.05, 0.1) is 39.3 Å². The summed E-state index contributed by atoms with van der Waals surface area (Å²) in [6.07, 6.45) is 22.4. The number of rotatable bonds is 9. The molecule has 4 aromatic heterocycles. The topological polar surface area (TPSA) is 161 Å². The predicted octanol–water partition coefficient (Wildman–Crippen LogP) is 9.67. The zero-order valence-electron chi connectivity index (χ0n) is 40.1. The van der Waals surface area contributed by atoms with Crippen LogP contribution in [0.1, 0.15) is 77.0 Å². The van der Waals surface area contributed by atoms with E-state index in [1.807, 2.05) is 24.4 Å². The van der Waals surface area contributed by atoms with E-state index in [1.54, 1.807) is 12.4 Å². The monoisotopic (exact) mass is 1010 g/mol. The zero-order valence-corrected chi connectivity index (χ0v) is 42.4. The van der Waals surface area contributed by atoms with Gasteiger partial charge in [0, 0.05) is 120 Å². The third-order valence-corrected chi connectivity index (χ3v) is 17.3. The molecule has 13 rings (SSSR count). The van der Waals surface area contributed by atoms with Crippen LogP contribution < -0.4 is 21.3 Å². The van der Waals surface area contributed by atoms with Crippen LogP contribution in [0.15, 0.2) is 104 Å². The lowest BCUT2D eigenvalue weighted by Gasteiger charge is -2.48. The summed E-state index contributed by atoms with van der Waals surface area (Å²) in [5, 5.41) is 18.1. The Kier molecular flexibility index (Phi) is 13.8. The molecule has 0 amide bonds. The number of hydrogen-bond acceptors (Lipinski definition) is 12. The van der Waals surface area contributed by atoms with Gasteiger partial charge >= 0.3 is 11.6 Å². The Balaban J connectivity index is 0.000000148. The number of nitrogens with one attached hydrogen (secondary N) is 5. The summed E-state index contributed by atoms with van der Waals surface area (Å²) >= 11 is 12.6. The lowest BCUT2D eigenvalue weighted by Crippen LogP contribution is -2.57. The second-order valence-electron chi connectivity index (χ2n) is 20.7. The van der Waals surface area contributed by atoms with E-state index in [0.717, 1.165) is 102 Å². The summed E-state index contributed by atoms with van der Waals surface area (Å²) in [6.45, 7) is 9.06. The lowest BCUT2D eigenvalue weighted by atomic mass is 9.77. The average molecular weight is 1010 g/mol. The van der Waals surface area contributed by atoms with Crippen LogP contribution in [0.5, 0.6) is 0 Å². The molecule has 14 nitrogen and oxygen atoms in total. The van der Waals surface area contributed by atoms with Crippen molar-refractivity contribution in [3.05, 3.63) is 114 Å². The van der Waals surface area contributed by atoms with Crippen LogP contribution in [0.2, 0.25) is 10.0 Å². The van der Waals surface area contributed by atoms with Gasteiger partial charge in [0.15, 0.2) is 0 Å². The number of benzene rings is 3. The predicted molar refractivity (Wildman–Crippen MR) is 285 cm³/mol. The highest BCUT2D eigenvalue weighted by Gasteiger charge is 2.55. The van der Waals surface area contributed by atoms with Crippen LogP contribution in [0, 0.1) is 0 Å². The fraction of sp³-hybridized carbons (Fsp3) is 0.444. The standard InChI is InChI=1S/C30H33ClN6.C24H29ClN6.O2S/c31-25-19-33-28(35-29-11-6-12-30(21-29,14-13-29)36-17-15-32-16-18-36)34-27(25)24-20-37(22-7-2-1-3-8-22)26-10-5-4-9-23(24)26;25-19-15-28-22(29-21(19)18-14-27-20-5-2-1-4-17(18)20)30-23-6-3-7-24(16-23,9-8-23)31-12-10-26-11-13-31;1-3-2/h1-5,7-10,19-20,32H,6,11-18,21H2,(H,33,34,35);1-2,4-5,14-15,26-27H,3,6-13,16H2,(H,28,29,30);. The van der Waals surface area contributed by atoms with Crippen LogP contribution in [0.3, 0.4) is 0 Å². The average Bonchev–Trinajstić information content (AvgIpc) is 4.16. The molecule has 370 valence electrons. The molecule has 71 heavy (non-hydrogen) atoms. The fourth-order valence-electron chi connectivity index (χ4n) is 13.5. The highest BCUT2D eigenvalue weighted by molar-refractivity contribution is 7.51. The van der Waals surface area contributed by atoms with Crippen LogP contribution in [0.4, 0.5) is 11.9 Å². The molecule has 6 heterocycles.